The fourth-order valence-electron chi connectivity index (χ4n) is 5.99. The minimum Gasteiger partial charge on any atom is -0.459 e. The van der Waals surface area contributed by atoms with E-state index in [-0.39, 0.29) is 6.61 Å². The van der Waals surface area contributed by atoms with Crippen molar-refractivity contribution in [2.75, 3.05) is 13.7 Å². The van der Waals surface area contributed by atoms with E-state index in [9.17, 15) is 29.4 Å². The van der Waals surface area contributed by atoms with Crippen molar-refractivity contribution in [3.8, 4) is 0 Å². The van der Waals surface area contributed by atoms with Gasteiger partial charge in [0.2, 0.25) is 0 Å². The highest BCUT2D eigenvalue weighted by atomic mass is 16.6. The number of esters is 4. The lowest BCUT2D eigenvalue weighted by Crippen LogP contribution is -2.66. The predicted molar refractivity (Wildman–Crippen MR) is 131 cm³/mol. The molecule has 11 heteroatoms. The average molecular weight is 537 g/mol. The molecule has 210 valence electrons. The number of hydrogen-bond acceptors (Lipinski definition) is 11. The van der Waals surface area contributed by atoms with E-state index in [1.54, 1.807) is 26.0 Å². The van der Waals surface area contributed by atoms with Crippen molar-refractivity contribution in [1.29, 1.82) is 0 Å². The van der Waals surface area contributed by atoms with Crippen molar-refractivity contribution in [3.05, 3.63) is 35.5 Å². The van der Waals surface area contributed by atoms with Gasteiger partial charge in [0.05, 0.1) is 17.9 Å². The van der Waals surface area contributed by atoms with Gasteiger partial charge >= 0.3 is 23.9 Å². The van der Waals surface area contributed by atoms with Crippen LogP contribution >= 0.6 is 0 Å². The van der Waals surface area contributed by atoms with Crippen LogP contribution in [0.3, 0.4) is 0 Å². The van der Waals surface area contributed by atoms with Crippen LogP contribution in [-0.4, -0.2) is 83.9 Å². The molecule has 0 aromatic carbocycles. The maximum absolute atomic E-state index is 12.8. The van der Waals surface area contributed by atoms with Crippen LogP contribution in [0.1, 0.15) is 41.5 Å². The average Bonchev–Trinajstić information content (AvgIpc) is 3.01. The summed E-state index contributed by atoms with van der Waals surface area (Å²) in [6.07, 6.45) is -0.400. The molecule has 11 nitrogen and oxygen atoms in total. The normalized spacial score (nSPS) is 40.8. The quantitative estimate of drug-likeness (QED) is 0.295. The molecule has 2 aliphatic carbocycles. The first-order chi connectivity index (χ1) is 17.7. The summed E-state index contributed by atoms with van der Waals surface area (Å²) in [4.78, 5) is 49.8. The van der Waals surface area contributed by atoms with Gasteiger partial charge < -0.3 is 33.9 Å². The van der Waals surface area contributed by atoms with Gasteiger partial charge in [0.15, 0.2) is 11.7 Å². The van der Waals surface area contributed by atoms with Gasteiger partial charge in [-0.05, 0) is 31.6 Å². The van der Waals surface area contributed by atoms with Crippen molar-refractivity contribution >= 4 is 23.9 Å². The Balaban J connectivity index is 2.44. The van der Waals surface area contributed by atoms with Crippen LogP contribution in [0.5, 0.6) is 0 Å². The zero-order valence-corrected chi connectivity index (χ0v) is 22.6. The van der Waals surface area contributed by atoms with Gasteiger partial charge in [-0.15, -0.1) is 0 Å². The second kappa shape index (κ2) is 11.0. The number of ether oxygens (including phenoxy) is 5. The van der Waals surface area contributed by atoms with Gasteiger partial charge in [-0.1, -0.05) is 24.6 Å². The van der Waals surface area contributed by atoms with Gasteiger partial charge in [-0.3, -0.25) is 19.2 Å². The van der Waals surface area contributed by atoms with Gasteiger partial charge in [-0.2, -0.15) is 0 Å². The van der Waals surface area contributed by atoms with Crippen LogP contribution in [0.15, 0.2) is 35.5 Å². The lowest BCUT2D eigenvalue weighted by Gasteiger charge is -2.54. The molecule has 0 radical (unpaired) electrons. The number of methoxy groups -OCH3 is 1. The highest BCUT2D eigenvalue weighted by Crippen LogP contribution is 2.54. The number of hydrogen-bond donors (Lipinski definition) is 2. The molecule has 9 atom stereocenters. The largest absolute Gasteiger partial charge is 0.459 e. The Morgan fingerprint density at radius 2 is 1.61 bits per heavy atom. The zero-order valence-electron chi connectivity index (χ0n) is 22.6. The molecule has 1 saturated heterocycles. The molecule has 0 saturated carbocycles. The fraction of sp³-hybridized carbons (Fsp3) is 0.630. The molecule has 1 aliphatic heterocycles. The summed E-state index contributed by atoms with van der Waals surface area (Å²) in [7, 11) is 1.45. The molecule has 0 spiro atoms. The summed E-state index contributed by atoms with van der Waals surface area (Å²) < 4.78 is 28.0. The third kappa shape index (κ3) is 5.14. The van der Waals surface area contributed by atoms with Gasteiger partial charge in [0.25, 0.3) is 0 Å². The molecular weight excluding hydrogens is 500 g/mol. The van der Waals surface area contributed by atoms with E-state index in [0.717, 1.165) is 6.92 Å². The maximum atomic E-state index is 12.8. The summed E-state index contributed by atoms with van der Waals surface area (Å²) in [5, 5.41) is 23.4. The van der Waals surface area contributed by atoms with Crippen LogP contribution in [-0.2, 0) is 42.9 Å². The SMILES string of the molecule is COCC1=C/[C@@H]2OC(=O)[C@H](C)[C@@]2(O)[C@@H](OC(C)=O)[C@H]2C(C)=C[C@@H](O)[C@H](OC(C)=O)[C@]2(C)[C@@H](OC(C)=O)/C=C\1. The first-order valence-electron chi connectivity index (χ1n) is 12.4. The van der Waals surface area contributed by atoms with E-state index in [0.29, 0.717) is 11.1 Å². The van der Waals surface area contributed by atoms with E-state index in [1.807, 2.05) is 0 Å². The summed E-state index contributed by atoms with van der Waals surface area (Å²) in [6, 6.07) is 0. The molecule has 0 bridgehead atoms. The first-order valence-corrected chi connectivity index (χ1v) is 12.4. The van der Waals surface area contributed by atoms with Gasteiger partial charge in [0.1, 0.15) is 24.4 Å². The Bertz CT molecular complexity index is 1070. The lowest BCUT2D eigenvalue weighted by molar-refractivity contribution is -0.219. The topological polar surface area (TPSA) is 155 Å². The van der Waals surface area contributed by atoms with Crippen molar-refractivity contribution in [1.82, 2.24) is 0 Å². The standard InChI is InChI=1S/C27H36O11/c1-13-10-19(31)23(36-16(4)29)26(6)20(35-15(3)28)9-8-18(12-34-7)11-21-27(33,14(2)25(32)38-21)24(22(13)26)37-17(5)30/h8-11,14,19-24,31,33H,12H2,1-7H3/b9-8-,18-11+/t14-,19+,20-,21-,22+,23-,24-,26+,27-/m0/s1. The van der Waals surface area contributed by atoms with Crippen LogP contribution in [0.2, 0.25) is 0 Å². The fourth-order valence-corrected chi connectivity index (χ4v) is 5.99. The first kappa shape index (κ1) is 29.5. The van der Waals surface area contributed by atoms with Crippen LogP contribution in [0.25, 0.3) is 0 Å². The van der Waals surface area contributed by atoms with Crippen LogP contribution in [0.4, 0.5) is 0 Å². The van der Waals surface area contributed by atoms with Crippen LogP contribution < -0.4 is 0 Å². The predicted octanol–water partition coefficient (Wildman–Crippen LogP) is 1.16. The van der Waals surface area contributed by atoms with E-state index < -0.39 is 77.2 Å². The summed E-state index contributed by atoms with van der Waals surface area (Å²) in [5.41, 5.74) is -2.68. The Hall–Kier alpha value is -3.02. The molecule has 2 N–H and O–H groups in total. The molecule has 1 heterocycles. The molecule has 0 aromatic heterocycles. The smallest absolute Gasteiger partial charge is 0.312 e. The molecule has 0 unspecified atom stereocenters. The Kier molecular flexibility index (Phi) is 8.55. The van der Waals surface area contributed by atoms with E-state index in [2.05, 4.69) is 0 Å². The number of carbonyl (C=O) groups excluding carboxylic acids is 4. The highest BCUT2D eigenvalue weighted by molar-refractivity contribution is 5.78. The third-order valence-electron chi connectivity index (χ3n) is 7.68. The van der Waals surface area contributed by atoms with Gasteiger partial charge in [-0.25, -0.2) is 0 Å². The summed E-state index contributed by atoms with van der Waals surface area (Å²) in [6.45, 7) is 8.30. The molecule has 3 rings (SSSR count). The van der Waals surface area contributed by atoms with Crippen molar-refractivity contribution in [3.63, 3.8) is 0 Å². The van der Waals surface area contributed by atoms with Crippen LogP contribution in [0, 0.1) is 17.3 Å². The number of carbonyl (C=O) groups is 4. The molecule has 0 aromatic rings. The molecule has 3 aliphatic rings. The molecule has 1 fully saturated rings. The minimum atomic E-state index is -2.10. The van der Waals surface area contributed by atoms with E-state index >= 15 is 0 Å². The molecule has 0 amide bonds. The number of fused-ring (bicyclic) bond motifs is 2. The second-order valence-corrected chi connectivity index (χ2v) is 10.3. The monoisotopic (exact) mass is 536 g/mol. The van der Waals surface area contributed by atoms with Gasteiger partial charge in [0, 0.05) is 33.8 Å². The summed E-state index contributed by atoms with van der Waals surface area (Å²) >= 11 is 0. The van der Waals surface area contributed by atoms with Crippen molar-refractivity contribution in [2.45, 2.75) is 77.7 Å². The van der Waals surface area contributed by atoms with E-state index in [1.165, 1.54) is 40.0 Å². The third-order valence-corrected chi connectivity index (χ3v) is 7.68. The molecule has 38 heavy (non-hydrogen) atoms. The Morgan fingerprint density at radius 1 is 1.03 bits per heavy atom. The minimum absolute atomic E-state index is 0.0368. The second-order valence-electron chi connectivity index (χ2n) is 10.3. The zero-order chi connectivity index (χ0) is 28.6. The van der Waals surface area contributed by atoms with Crippen molar-refractivity contribution < 1.29 is 53.1 Å². The summed E-state index contributed by atoms with van der Waals surface area (Å²) in [5.74, 6) is -5.00. The number of aliphatic hydroxyl groups excluding tert-OH is 1. The molecular formula is C27H36O11. The Labute approximate surface area is 221 Å². The number of aliphatic hydroxyl groups is 2. The lowest BCUT2D eigenvalue weighted by atomic mass is 9.56. The van der Waals surface area contributed by atoms with Crippen molar-refractivity contribution in [2.24, 2.45) is 17.3 Å². The Morgan fingerprint density at radius 3 is 2.16 bits per heavy atom. The highest BCUT2D eigenvalue weighted by Gasteiger charge is 2.67. The van der Waals surface area contributed by atoms with E-state index in [4.69, 9.17) is 23.7 Å². The maximum Gasteiger partial charge on any atom is 0.312 e. The number of rotatable bonds is 5.